The number of carbonyl (C=O) groups excluding carboxylic acids is 1. The highest BCUT2D eigenvalue weighted by molar-refractivity contribution is 5.89. The van der Waals surface area contributed by atoms with Crippen molar-refractivity contribution in [2.45, 2.75) is 19.5 Å². The fourth-order valence-corrected chi connectivity index (χ4v) is 2.02. The van der Waals surface area contributed by atoms with Crippen LogP contribution < -0.4 is 11.1 Å². The first kappa shape index (κ1) is 15.1. The maximum atomic E-state index is 12.2. The third kappa shape index (κ3) is 4.06. The summed E-state index contributed by atoms with van der Waals surface area (Å²) in [5.74, 6) is 0. The first-order valence-electron chi connectivity index (χ1n) is 6.81. The molecule has 21 heavy (non-hydrogen) atoms. The average Bonchev–Trinajstić information content (AvgIpc) is 2.84. The Morgan fingerprint density at radius 3 is 2.90 bits per heavy atom. The number of benzene rings is 1. The number of aromatic nitrogens is 2. The van der Waals surface area contributed by atoms with E-state index in [2.05, 4.69) is 10.4 Å². The number of nitrogens with zero attached hydrogens (tertiary/aromatic N) is 3. The second-order valence-electron chi connectivity index (χ2n) is 5.22. The summed E-state index contributed by atoms with van der Waals surface area (Å²) in [7, 11) is 3.60. The lowest BCUT2D eigenvalue weighted by Crippen LogP contribution is -2.30. The number of hydrogen-bond donors (Lipinski definition) is 2. The highest BCUT2D eigenvalue weighted by Crippen LogP contribution is 2.16. The second-order valence-corrected chi connectivity index (χ2v) is 5.22. The minimum atomic E-state index is -0.166. The molecule has 2 aromatic rings. The van der Waals surface area contributed by atoms with E-state index >= 15 is 0 Å². The minimum Gasteiger partial charge on any atom is -0.324 e. The van der Waals surface area contributed by atoms with E-state index < -0.39 is 0 Å². The van der Waals surface area contributed by atoms with Crippen LogP contribution in [0.2, 0.25) is 0 Å². The summed E-state index contributed by atoms with van der Waals surface area (Å²) in [6, 6.07) is 7.34. The van der Waals surface area contributed by atoms with Crippen molar-refractivity contribution in [3.63, 3.8) is 0 Å². The van der Waals surface area contributed by atoms with Gasteiger partial charge in [-0.05, 0) is 24.6 Å². The third-order valence-corrected chi connectivity index (χ3v) is 3.19. The number of nitrogens with two attached hydrogens (primary N) is 1. The van der Waals surface area contributed by atoms with Gasteiger partial charge in [0.25, 0.3) is 0 Å². The summed E-state index contributed by atoms with van der Waals surface area (Å²) in [6.07, 6.45) is 3.64. The van der Waals surface area contributed by atoms with Crippen LogP contribution in [0.15, 0.2) is 36.7 Å². The van der Waals surface area contributed by atoms with E-state index in [9.17, 15) is 4.79 Å². The molecule has 2 amide bonds. The lowest BCUT2D eigenvalue weighted by atomic mass is 10.1. The highest BCUT2D eigenvalue weighted by atomic mass is 16.2. The molecule has 0 aliphatic rings. The number of nitrogens with one attached hydrogen (secondary N) is 1. The Hall–Kier alpha value is -2.34. The molecule has 0 radical (unpaired) electrons. The molecule has 1 heterocycles. The van der Waals surface area contributed by atoms with Crippen LogP contribution in [0.3, 0.4) is 0 Å². The summed E-state index contributed by atoms with van der Waals surface area (Å²) >= 11 is 0. The van der Waals surface area contributed by atoms with Gasteiger partial charge in [-0.3, -0.25) is 4.68 Å². The summed E-state index contributed by atoms with van der Waals surface area (Å²) in [5, 5.41) is 6.96. The quantitative estimate of drug-likeness (QED) is 0.904. The predicted molar refractivity (Wildman–Crippen MR) is 82.7 cm³/mol. The largest absolute Gasteiger partial charge is 0.324 e. The molecule has 6 heteroatoms. The van der Waals surface area contributed by atoms with Crippen LogP contribution >= 0.6 is 0 Å². The summed E-state index contributed by atoms with van der Waals surface area (Å²) < 4.78 is 1.72. The molecule has 0 bridgehead atoms. The van der Waals surface area contributed by atoms with Gasteiger partial charge in [0, 0.05) is 37.6 Å². The van der Waals surface area contributed by atoms with E-state index in [1.807, 2.05) is 44.4 Å². The lowest BCUT2D eigenvalue weighted by Gasteiger charge is -2.17. The summed E-state index contributed by atoms with van der Waals surface area (Å²) in [6.45, 7) is 2.42. The van der Waals surface area contributed by atoms with Gasteiger partial charge in [-0.25, -0.2) is 4.79 Å². The van der Waals surface area contributed by atoms with E-state index in [0.717, 1.165) is 16.8 Å². The SMILES string of the molecule is CC(N)c1cccc(NC(=O)N(C)Cc2cnn(C)c2)c1. The smallest absolute Gasteiger partial charge is 0.321 e. The van der Waals surface area contributed by atoms with Gasteiger partial charge < -0.3 is 16.0 Å². The van der Waals surface area contributed by atoms with E-state index in [4.69, 9.17) is 5.73 Å². The van der Waals surface area contributed by atoms with Crippen molar-refractivity contribution >= 4 is 11.7 Å². The van der Waals surface area contributed by atoms with Gasteiger partial charge in [-0.2, -0.15) is 5.10 Å². The van der Waals surface area contributed by atoms with Gasteiger partial charge in [0.05, 0.1) is 12.7 Å². The average molecular weight is 287 g/mol. The molecule has 6 nitrogen and oxygen atoms in total. The second kappa shape index (κ2) is 6.41. The first-order valence-corrected chi connectivity index (χ1v) is 6.81. The number of anilines is 1. The van der Waals surface area contributed by atoms with Gasteiger partial charge in [0.15, 0.2) is 0 Å². The van der Waals surface area contributed by atoms with Crippen LogP contribution in [0.1, 0.15) is 24.1 Å². The maximum absolute atomic E-state index is 12.2. The predicted octanol–water partition coefficient (Wildman–Crippen LogP) is 2.10. The van der Waals surface area contributed by atoms with Gasteiger partial charge in [-0.1, -0.05) is 12.1 Å². The molecule has 1 aromatic heterocycles. The molecule has 1 aromatic carbocycles. The van der Waals surface area contributed by atoms with Gasteiger partial charge in [-0.15, -0.1) is 0 Å². The fraction of sp³-hybridized carbons (Fsp3) is 0.333. The monoisotopic (exact) mass is 287 g/mol. The molecule has 1 atom stereocenters. The van der Waals surface area contributed by atoms with E-state index in [-0.39, 0.29) is 12.1 Å². The standard InChI is InChI=1S/C15H21N5O/c1-11(16)13-5-4-6-14(7-13)18-15(21)19(2)9-12-8-17-20(3)10-12/h4-8,10-11H,9,16H2,1-3H3,(H,18,21). The molecule has 112 valence electrons. The van der Waals surface area contributed by atoms with Gasteiger partial charge >= 0.3 is 6.03 Å². The Bertz CT molecular complexity index is 620. The van der Waals surface area contributed by atoms with E-state index in [1.165, 1.54) is 0 Å². The number of aryl methyl sites for hydroxylation is 1. The van der Waals surface area contributed by atoms with Crippen molar-refractivity contribution in [1.82, 2.24) is 14.7 Å². The number of hydrogen-bond acceptors (Lipinski definition) is 3. The zero-order valence-electron chi connectivity index (χ0n) is 12.6. The molecule has 0 saturated carbocycles. The molecule has 3 N–H and O–H groups in total. The van der Waals surface area contributed by atoms with Crippen LogP contribution in [-0.2, 0) is 13.6 Å². The van der Waals surface area contributed by atoms with Crippen LogP contribution in [0.5, 0.6) is 0 Å². The van der Waals surface area contributed by atoms with Crippen molar-refractivity contribution in [2.75, 3.05) is 12.4 Å². The van der Waals surface area contributed by atoms with E-state index in [0.29, 0.717) is 6.54 Å². The molecule has 0 saturated heterocycles. The Kier molecular flexibility index (Phi) is 4.59. The minimum absolute atomic E-state index is 0.0602. The number of rotatable bonds is 4. The van der Waals surface area contributed by atoms with Crippen molar-refractivity contribution in [2.24, 2.45) is 12.8 Å². The van der Waals surface area contributed by atoms with Crippen molar-refractivity contribution in [1.29, 1.82) is 0 Å². The zero-order valence-corrected chi connectivity index (χ0v) is 12.6. The van der Waals surface area contributed by atoms with Crippen LogP contribution in [0, 0.1) is 0 Å². The van der Waals surface area contributed by atoms with Crippen LogP contribution in [0.25, 0.3) is 0 Å². The fourth-order valence-electron chi connectivity index (χ4n) is 2.02. The number of urea groups is 1. The summed E-state index contributed by atoms with van der Waals surface area (Å²) in [5.41, 5.74) is 8.56. The molecular weight excluding hydrogens is 266 g/mol. The van der Waals surface area contributed by atoms with Gasteiger partial charge in [0.2, 0.25) is 0 Å². The normalized spacial score (nSPS) is 12.0. The summed E-state index contributed by atoms with van der Waals surface area (Å²) in [4.78, 5) is 13.8. The lowest BCUT2D eigenvalue weighted by molar-refractivity contribution is 0.220. The van der Waals surface area contributed by atoms with Crippen LogP contribution in [-0.4, -0.2) is 27.8 Å². The molecule has 0 fully saturated rings. The maximum Gasteiger partial charge on any atom is 0.321 e. The van der Waals surface area contributed by atoms with Crippen molar-refractivity contribution in [3.8, 4) is 0 Å². The van der Waals surface area contributed by atoms with Crippen LogP contribution in [0.4, 0.5) is 10.5 Å². The number of carbonyl (C=O) groups is 1. The van der Waals surface area contributed by atoms with Crippen molar-refractivity contribution in [3.05, 3.63) is 47.8 Å². The molecule has 2 rings (SSSR count). The molecule has 1 unspecified atom stereocenters. The van der Waals surface area contributed by atoms with E-state index in [1.54, 1.807) is 22.8 Å². The Morgan fingerprint density at radius 2 is 2.29 bits per heavy atom. The topological polar surface area (TPSA) is 76.2 Å². The Labute approximate surface area is 124 Å². The highest BCUT2D eigenvalue weighted by Gasteiger charge is 2.11. The van der Waals surface area contributed by atoms with Gasteiger partial charge in [0.1, 0.15) is 0 Å². The molecule has 0 aliphatic heterocycles. The zero-order chi connectivity index (χ0) is 15.4. The Balaban J connectivity index is 1.98. The first-order chi connectivity index (χ1) is 9.95. The molecule has 0 aliphatic carbocycles. The Morgan fingerprint density at radius 1 is 1.52 bits per heavy atom. The molecular formula is C15H21N5O. The molecule has 0 spiro atoms. The number of amides is 2. The third-order valence-electron chi connectivity index (χ3n) is 3.19. The van der Waals surface area contributed by atoms with Crippen molar-refractivity contribution < 1.29 is 4.79 Å².